The van der Waals surface area contributed by atoms with Gasteiger partial charge in [-0.1, -0.05) is 13.8 Å². The third kappa shape index (κ3) is 2.55. The van der Waals surface area contributed by atoms with Gasteiger partial charge in [-0.15, -0.1) is 0 Å². The summed E-state index contributed by atoms with van der Waals surface area (Å²) in [6.45, 7) is 4.88. The maximum Gasteiger partial charge on any atom is 0.304 e. The molecule has 0 fully saturated rings. The van der Waals surface area contributed by atoms with Gasteiger partial charge >= 0.3 is 5.97 Å². The summed E-state index contributed by atoms with van der Waals surface area (Å²) in [5.74, 6) is -2.23. The minimum atomic E-state index is -1.01. The lowest BCUT2D eigenvalue weighted by atomic mass is 9.80. The van der Waals surface area contributed by atoms with Crippen molar-refractivity contribution in [1.82, 2.24) is 0 Å². The van der Waals surface area contributed by atoms with E-state index in [9.17, 15) is 14.3 Å². The minimum Gasteiger partial charge on any atom is -0.504 e. The maximum atomic E-state index is 14.2. The van der Waals surface area contributed by atoms with E-state index in [2.05, 4.69) is 0 Å². The first-order valence-electron chi connectivity index (χ1n) is 5.49. The first-order chi connectivity index (χ1) is 8.20. The van der Waals surface area contributed by atoms with Gasteiger partial charge in [0.15, 0.2) is 17.3 Å². The van der Waals surface area contributed by atoms with E-state index in [1.165, 1.54) is 13.2 Å². The number of carbonyl (C=O) groups is 1. The number of aryl methyl sites for hydroxylation is 1. The molecule has 18 heavy (non-hydrogen) atoms. The second-order valence-electron chi connectivity index (χ2n) is 4.89. The highest BCUT2D eigenvalue weighted by molar-refractivity contribution is 5.69. The topological polar surface area (TPSA) is 66.8 Å². The fourth-order valence-corrected chi connectivity index (χ4v) is 1.91. The van der Waals surface area contributed by atoms with Gasteiger partial charge in [0.05, 0.1) is 13.5 Å². The third-order valence-corrected chi connectivity index (χ3v) is 2.91. The molecule has 2 N–H and O–H groups in total. The highest BCUT2D eigenvalue weighted by Crippen LogP contribution is 2.40. The standard InChI is InChI=1S/C13H17FO4/c1-7-5-8(13(2,3)6-9(15)16)10(14)12(18-4)11(7)17/h5,17H,6H2,1-4H3,(H,15,16). The number of aliphatic carboxylic acids is 1. The van der Waals surface area contributed by atoms with Gasteiger partial charge in [0, 0.05) is 5.41 Å². The molecule has 0 aromatic heterocycles. The summed E-state index contributed by atoms with van der Waals surface area (Å²) in [5.41, 5.74) is -0.222. The van der Waals surface area contributed by atoms with Crippen molar-refractivity contribution in [1.29, 1.82) is 0 Å². The molecule has 0 saturated heterocycles. The van der Waals surface area contributed by atoms with Crippen molar-refractivity contribution in [3.63, 3.8) is 0 Å². The van der Waals surface area contributed by atoms with Crippen molar-refractivity contribution in [2.45, 2.75) is 32.6 Å². The van der Waals surface area contributed by atoms with E-state index in [-0.39, 0.29) is 23.5 Å². The van der Waals surface area contributed by atoms with Crippen molar-refractivity contribution in [2.75, 3.05) is 7.11 Å². The Morgan fingerprint density at radius 1 is 1.50 bits per heavy atom. The van der Waals surface area contributed by atoms with E-state index in [0.717, 1.165) is 0 Å². The van der Waals surface area contributed by atoms with Crippen LogP contribution in [0.5, 0.6) is 11.5 Å². The molecule has 0 unspecified atom stereocenters. The van der Waals surface area contributed by atoms with E-state index in [4.69, 9.17) is 9.84 Å². The number of aromatic hydroxyl groups is 1. The van der Waals surface area contributed by atoms with Crippen molar-refractivity contribution in [3.8, 4) is 11.5 Å². The molecule has 0 aliphatic carbocycles. The first-order valence-corrected chi connectivity index (χ1v) is 5.49. The molecule has 0 amide bonds. The normalized spacial score (nSPS) is 11.4. The van der Waals surface area contributed by atoms with Crippen LogP contribution in [-0.4, -0.2) is 23.3 Å². The summed E-state index contributed by atoms with van der Waals surface area (Å²) < 4.78 is 19.0. The molecule has 0 spiro atoms. The predicted octanol–water partition coefficient (Wildman–Crippen LogP) is 2.60. The smallest absolute Gasteiger partial charge is 0.304 e. The van der Waals surface area contributed by atoms with E-state index in [0.29, 0.717) is 5.56 Å². The zero-order valence-electron chi connectivity index (χ0n) is 10.9. The molecule has 0 saturated carbocycles. The number of methoxy groups -OCH3 is 1. The zero-order valence-corrected chi connectivity index (χ0v) is 10.9. The molecule has 1 aromatic carbocycles. The number of carboxylic acids is 1. The predicted molar refractivity (Wildman–Crippen MR) is 64.6 cm³/mol. The van der Waals surface area contributed by atoms with Gasteiger partial charge in [0.2, 0.25) is 0 Å². The number of hydrogen-bond acceptors (Lipinski definition) is 3. The maximum absolute atomic E-state index is 14.2. The molecule has 5 heteroatoms. The lowest BCUT2D eigenvalue weighted by Crippen LogP contribution is -2.23. The minimum absolute atomic E-state index is 0.211. The van der Waals surface area contributed by atoms with Gasteiger partial charge in [0.1, 0.15) is 0 Å². The molecule has 0 aliphatic heterocycles. The Morgan fingerprint density at radius 3 is 2.50 bits per heavy atom. The molecule has 0 bridgehead atoms. The Kier molecular flexibility index (Phi) is 3.84. The average molecular weight is 256 g/mol. The first kappa shape index (κ1) is 14.3. The van der Waals surface area contributed by atoms with E-state index >= 15 is 0 Å². The van der Waals surface area contributed by atoms with Crippen LogP contribution in [0.3, 0.4) is 0 Å². The van der Waals surface area contributed by atoms with Gasteiger partial charge in [-0.25, -0.2) is 4.39 Å². The number of phenolic OH excluding ortho intramolecular Hbond substituents is 1. The quantitative estimate of drug-likeness (QED) is 0.869. The van der Waals surface area contributed by atoms with Crippen LogP contribution in [0.1, 0.15) is 31.4 Å². The van der Waals surface area contributed by atoms with Gasteiger partial charge < -0.3 is 14.9 Å². The Morgan fingerprint density at radius 2 is 2.06 bits per heavy atom. The number of benzene rings is 1. The zero-order chi connectivity index (χ0) is 14.1. The molecule has 4 nitrogen and oxygen atoms in total. The second-order valence-corrected chi connectivity index (χ2v) is 4.89. The molecule has 0 atom stereocenters. The average Bonchev–Trinajstić information content (AvgIpc) is 2.22. The van der Waals surface area contributed by atoms with E-state index in [1.807, 2.05) is 0 Å². The molecular formula is C13H17FO4. The van der Waals surface area contributed by atoms with E-state index in [1.54, 1.807) is 20.8 Å². The van der Waals surface area contributed by atoms with Crippen molar-refractivity contribution >= 4 is 5.97 Å². The van der Waals surface area contributed by atoms with E-state index < -0.39 is 17.2 Å². The van der Waals surface area contributed by atoms with Crippen LogP contribution in [-0.2, 0) is 10.2 Å². The van der Waals surface area contributed by atoms with Crippen LogP contribution >= 0.6 is 0 Å². The number of ether oxygens (including phenoxy) is 1. The lowest BCUT2D eigenvalue weighted by molar-refractivity contribution is -0.138. The number of hydrogen-bond donors (Lipinski definition) is 2. The van der Waals surface area contributed by atoms with Crippen LogP contribution in [0.25, 0.3) is 0 Å². The number of rotatable bonds is 4. The molecule has 100 valence electrons. The second kappa shape index (κ2) is 4.84. The monoisotopic (exact) mass is 256 g/mol. The molecule has 1 aromatic rings. The summed E-state index contributed by atoms with van der Waals surface area (Å²) in [7, 11) is 1.26. The summed E-state index contributed by atoms with van der Waals surface area (Å²) in [6.07, 6.45) is -0.211. The molecule has 1 rings (SSSR count). The van der Waals surface area contributed by atoms with Crippen LogP contribution in [0, 0.1) is 12.7 Å². The molecule has 0 heterocycles. The van der Waals surface area contributed by atoms with Crippen LogP contribution in [0.4, 0.5) is 4.39 Å². The van der Waals surface area contributed by atoms with Crippen molar-refractivity contribution in [2.24, 2.45) is 0 Å². The van der Waals surface area contributed by atoms with Crippen molar-refractivity contribution < 1.29 is 24.1 Å². The van der Waals surface area contributed by atoms with Gasteiger partial charge in [-0.2, -0.15) is 0 Å². The van der Waals surface area contributed by atoms with Crippen LogP contribution in [0.2, 0.25) is 0 Å². The Balaban J connectivity index is 3.42. The lowest BCUT2D eigenvalue weighted by Gasteiger charge is -2.25. The fraction of sp³-hybridized carbons (Fsp3) is 0.462. The summed E-state index contributed by atoms with van der Waals surface area (Å²) >= 11 is 0. The molecule has 0 radical (unpaired) electrons. The summed E-state index contributed by atoms with van der Waals surface area (Å²) in [4.78, 5) is 10.8. The summed E-state index contributed by atoms with van der Waals surface area (Å²) in [6, 6.07) is 1.45. The number of carboxylic acid groups (broad SMARTS) is 1. The Labute approximate surface area is 105 Å². The summed E-state index contributed by atoms with van der Waals surface area (Å²) in [5, 5.41) is 18.5. The van der Waals surface area contributed by atoms with Crippen LogP contribution < -0.4 is 4.74 Å². The number of halogens is 1. The number of phenols is 1. The molecular weight excluding hydrogens is 239 g/mol. The fourth-order valence-electron chi connectivity index (χ4n) is 1.91. The SMILES string of the molecule is COc1c(O)c(C)cc(C(C)(C)CC(=O)O)c1F. The van der Waals surface area contributed by atoms with Gasteiger partial charge in [-0.05, 0) is 24.1 Å². The van der Waals surface area contributed by atoms with Gasteiger partial charge in [0.25, 0.3) is 0 Å². The van der Waals surface area contributed by atoms with Crippen LogP contribution in [0.15, 0.2) is 6.07 Å². The third-order valence-electron chi connectivity index (χ3n) is 2.91. The molecule has 0 aliphatic rings. The van der Waals surface area contributed by atoms with Crippen molar-refractivity contribution in [3.05, 3.63) is 23.0 Å². The Bertz CT molecular complexity index is 480. The Hall–Kier alpha value is -1.78. The highest BCUT2D eigenvalue weighted by atomic mass is 19.1. The largest absolute Gasteiger partial charge is 0.504 e. The highest BCUT2D eigenvalue weighted by Gasteiger charge is 2.30. The van der Waals surface area contributed by atoms with Gasteiger partial charge in [-0.3, -0.25) is 4.79 Å².